The first-order valence-corrected chi connectivity index (χ1v) is 6.69. The van der Waals surface area contributed by atoms with Crippen LogP contribution in [0.5, 0.6) is 11.5 Å². The number of alkyl halides is 6. The molecule has 2 aromatic carbocycles. The van der Waals surface area contributed by atoms with Crippen LogP contribution in [0.4, 0.5) is 26.3 Å². The van der Waals surface area contributed by atoms with Crippen molar-refractivity contribution in [2.75, 3.05) is 0 Å². The van der Waals surface area contributed by atoms with Gasteiger partial charge in [0.2, 0.25) is 0 Å². The number of hydrogen-bond acceptors (Lipinski definition) is 2. The Kier molecular flexibility index (Phi) is 6.24. The van der Waals surface area contributed by atoms with Crippen molar-refractivity contribution in [3.63, 3.8) is 0 Å². The third-order valence-corrected chi connectivity index (χ3v) is 3.19. The summed E-state index contributed by atoms with van der Waals surface area (Å²) in [6, 6.07) is 4.79. The Labute approximate surface area is 141 Å². The zero-order valence-electron chi connectivity index (χ0n) is 11.4. The predicted octanol–water partition coefficient (Wildman–Crippen LogP) is 6.13. The van der Waals surface area contributed by atoms with Gasteiger partial charge in [-0.1, -0.05) is 23.2 Å². The molecule has 0 heterocycles. The Morgan fingerprint density at radius 3 is 1.12 bits per heavy atom. The highest BCUT2D eigenvalue weighted by Gasteiger charge is 2.31. The zero-order chi connectivity index (χ0) is 18.7. The Balaban J connectivity index is 0.000000240. The minimum atomic E-state index is -4.44. The summed E-state index contributed by atoms with van der Waals surface area (Å²) in [6.45, 7) is 0. The van der Waals surface area contributed by atoms with Crippen molar-refractivity contribution in [1.29, 1.82) is 0 Å². The third kappa shape index (κ3) is 5.68. The summed E-state index contributed by atoms with van der Waals surface area (Å²) in [4.78, 5) is 0. The molecule has 0 aliphatic rings. The van der Waals surface area contributed by atoms with Crippen LogP contribution in [0.3, 0.4) is 0 Å². The fourth-order valence-electron chi connectivity index (χ4n) is 1.38. The zero-order valence-corrected chi connectivity index (χ0v) is 12.9. The van der Waals surface area contributed by atoms with E-state index in [0.717, 1.165) is 24.3 Å². The van der Waals surface area contributed by atoms with Crippen LogP contribution in [0.15, 0.2) is 36.4 Å². The second kappa shape index (κ2) is 7.40. The minimum Gasteiger partial charge on any atom is -0.506 e. The maximum absolute atomic E-state index is 11.9. The highest BCUT2D eigenvalue weighted by atomic mass is 35.5. The molecule has 0 atom stereocenters. The van der Waals surface area contributed by atoms with Gasteiger partial charge in [0.15, 0.2) is 0 Å². The van der Waals surface area contributed by atoms with Crippen molar-refractivity contribution in [1.82, 2.24) is 0 Å². The molecule has 0 unspecified atom stereocenters. The molecular weight excluding hydrogens is 385 g/mol. The fraction of sp³-hybridized carbons (Fsp3) is 0.143. The minimum absolute atomic E-state index is 0.0944. The Morgan fingerprint density at radius 2 is 0.917 bits per heavy atom. The van der Waals surface area contributed by atoms with Crippen molar-refractivity contribution < 1.29 is 36.6 Å². The van der Waals surface area contributed by atoms with Crippen LogP contribution in [0.2, 0.25) is 10.0 Å². The Morgan fingerprint density at radius 1 is 0.625 bits per heavy atom. The predicted molar refractivity (Wildman–Crippen MR) is 76.2 cm³/mol. The maximum Gasteiger partial charge on any atom is 0.416 e. The Hall–Kier alpha value is -1.80. The summed E-state index contributed by atoms with van der Waals surface area (Å²) in [5, 5.41) is 17.5. The van der Waals surface area contributed by atoms with E-state index in [1.807, 2.05) is 0 Å². The van der Waals surface area contributed by atoms with E-state index < -0.39 is 35.0 Å². The molecule has 0 bridgehead atoms. The summed E-state index contributed by atoms with van der Waals surface area (Å²) in [6.07, 6.45) is -8.88. The average molecular weight is 393 g/mol. The first kappa shape index (κ1) is 20.2. The number of benzene rings is 2. The molecular formula is C14H8Cl2F6O2. The molecule has 0 aliphatic heterocycles. The number of phenolic OH excluding ortho intramolecular Hbond substituents is 2. The molecule has 0 aromatic heterocycles. The topological polar surface area (TPSA) is 40.5 Å². The largest absolute Gasteiger partial charge is 0.506 e. The van der Waals surface area contributed by atoms with E-state index in [4.69, 9.17) is 33.4 Å². The molecule has 132 valence electrons. The van der Waals surface area contributed by atoms with Crippen LogP contribution in [-0.2, 0) is 12.4 Å². The van der Waals surface area contributed by atoms with E-state index in [1.54, 1.807) is 0 Å². The molecule has 0 fully saturated rings. The van der Waals surface area contributed by atoms with Gasteiger partial charge in [-0.25, -0.2) is 0 Å². The van der Waals surface area contributed by atoms with Crippen molar-refractivity contribution in [2.45, 2.75) is 12.4 Å². The molecule has 0 saturated carbocycles. The first-order chi connectivity index (χ1) is 10.8. The highest BCUT2D eigenvalue weighted by Crippen LogP contribution is 2.35. The monoisotopic (exact) mass is 392 g/mol. The number of aromatic hydroxyl groups is 2. The number of hydrogen-bond donors (Lipinski definition) is 2. The fourth-order valence-corrected chi connectivity index (χ4v) is 1.61. The van der Waals surface area contributed by atoms with E-state index in [0.29, 0.717) is 12.1 Å². The molecule has 2 nitrogen and oxygen atoms in total. The second-order valence-corrected chi connectivity index (χ2v) is 5.14. The van der Waals surface area contributed by atoms with Gasteiger partial charge in [0.1, 0.15) is 11.5 Å². The second-order valence-electron chi connectivity index (χ2n) is 4.33. The summed E-state index contributed by atoms with van der Waals surface area (Å²) in [5.74, 6) is -1.13. The molecule has 0 radical (unpaired) electrons. The maximum atomic E-state index is 11.9. The quantitative estimate of drug-likeness (QED) is 0.529. The number of halogens is 8. The van der Waals surface area contributed by atoms with Gasteiger partial charge in [-0.2, -0.15) is 26.3 Å². The van der Waals surface area contributed by atoms with E-state index in [-0.39, 0.29) is 10.0 Å². The van der Waals surface area contributed by atoms with Gasteiger partial charge in [0, 0.05) is 0 Å². The highest BCUT2D eigenvalue weighted by molar-refractivity contribution is 6.32. The SMILES string of the molecule is Oc1cc(C(F)(F)F)ccc1Cl.Oc1cc(C(F)(F)F)ccc1Cl. The van der Waals surface area contributed by atoms with E-state index in [1.165, 1.54) is 0 Å². The van der Waals surface area contributed by atoms with Crippen LogP contribution >= 0.6 is 23.2 Å². The van der Waals surface area contributed by atoms with Crippen LogP contribution in [-0.4, -0.2) is 10.2 Å². The number of rotatable bonds is 0. The summed E-state index contributed by atoms with van der Waals surface area (Å²) < 4.78 is 71.7. The van der Waals surface area contributed by atoms with Gasteiger partial charge < -0.3 is 10.2 Å². The molecule has 0 amide bonds. The lowest BCUT2D eigenvalue weighted by molar-refractivity contribution is -0.138. The molecule has 24 heavy (non-hydrogen) atoms. The van der Waals surface area contributed by atoms with Gasteiger partial charge in [0.05, 0.1) is 21.2 Å². The molecule has 2 N–H and O–H groups in total. The first-order valence-electron chi connectivity index (χ1n) is 5.94. The van der Waals surface area contributed by atoms with E-state index in [2.05, 4.69) is 0 Å². The smallest absolute Gasteiger partial charge is 0.416 e. The van der Waals surface area contributed by atoms with Gasteiger partial charge >= 0.3 is 12.4 Å². The van der Waals surface area contributed by atoms with Gasteiger partial charge in [-0.15, -0.1) is 0 Å². The van der Waals surface area contributed by atoms with Crippen molar-refractivity contribution in [3.8, 4) is 11.5 Å². The lowest BCUT2D eigenvalue weighted by atomic mass is 10.2. The summed E-state index contributed by atoms with van der Waals surface area (Å²) in [7, 11) is 0. The van der Waals surface area contributed by atoms with Gasteiger partial charge in [-0.05, 0) is 36.4 Å². The average Bonchev–Trinajstić information content (AvgIpc) is 2.43. The van der Waals surface area contributed by atoms with Gasteiger partial charge in [-0.3, -0.25) is 0 Å². The van der Waals surface area contributed by atoms with Crippen molar-refractivity contribution >= 4 is 23.2 Å². The van der Waals surface area contributed by atoms with Crippen LogP contribution in [0.25, 0.3) is 0 Å². The lowest BCUT2D eigenvalue weighted by Gasteiger charge is -2.06. The van der Waals surface area contributed by atoms with Crippen LogP contribution < -0.4 is 0 Å². The Bertz CT molecular complexity index is 652. The molecule has 2 aromatic rings. The summed E-state index contributed by atoms with van der Waals surface area (Å²) >= 11 is 10.6. The number of phenols is 2. The lowest BCUT2D eigenvalue weighted by Crippen LogP contribution is -2.03. The molecule has 0 saturated heterocycles. The summed E-state index contributed by atoms with van der Waals surface area (Å²) in [5.41, 5.74) is -1.83. The van der Waals surface area contributed by atoms with Crippen molar-refractivity contribution in [2.24, 2.45) is 0 Å². The normalized spacial score (nSPS) is 11.7. The molecule has 10 heteroatoms. The van der Waals surface area contributed by atoms with Gasteiger partial charge in [0.25, 0.3) is 0 Å². The molecule has 2 rings (SSSR count). The van der Waals surface area contributed by atoms with Crippen molar-refractivity contribution in [3.05, 3.63) is 57.6 Å². The third-order valence-electron chi connectivity index (χ3n) is 2.55. The van der Waals surface area contributed by atoms with E-state index in [9.17, 15) is 26.3 Å². The molecule has 0 spiro atoms. The van der Waals surface area contributed by atoms with E-state index >= 15 is 0 Å². The van der Waals surface area contributed by atoms with Crippen LogP contribution in [0.1, 0.15) is 11.1 Å². The molecule has 0 aliphatic carbocycles. The van der Waals surface area contributed by atoms with Crippen LogP contribution in [0, 0.1) is 0 Å². The standard InChI is InChI=1S/2C7H4ClF3O/c2*8-5-2-1-4(3-6(5)12)7(9,10)11/h2*1-3,12H.